The largest absolute Gasteiger partial charge is 0.490 e. The number of anilines is 1. The summed E-state index contributed by atoms with van der Waals surface area (Å²) in [5.74, 6) is -0.535. The van der Waals surface area contributed by atoms with E-state index in [1.165, 1.54) is 12.1 Å². The van der Waals surface area contributed by atoms with Crippen LogP contribution in [0.4, 0.5) is 10.5 Å². The van der Waals surface area contributed by atoms with Gasteiger partial charge in [0.05, 0.1) is 24.5 Å². The normalized spacial score (nSPS) is 10.8. The second-order valence-electron chi connectivity index (χ2n) is 5.64. The van der Waals surface area contributed by atoms with Gasteiger partial charge in [-0.3, -0.25) is 5.32 Å². The lowest BCUT2D eigenvalue weighted by molar-refractivity contribution is 0.0636. The number of carbonyl (C=O) groups is 2. The molecule has 0 atom stereocenters. The number of hydrogen-bond donors (Lipinski definition) is 2. The maximum atomic E-state index is 11.9. The second kappa shape index (κ2) is 7.71. The zero-order valence-corrected chi connectivity index (χ0v) is 14.1. The Labute approximate surface area is 135 Å². The highest BCUT2D eigenvalue weighted by molar-refractivity contribution is 5.99. The molecule has 0 aliphatic rings. The highest BCUT2D eigenvalue weighted by Gasteiger charge is 2.21. The molecular formula is C16H23NO6. The lowest BCUT2D eigenvalue weighted by atomic mass is 10.1. The lowest BCUT2D eigenvalue weighted by Gasteiger charge is -2.21. The van der Waals surface area contributed by atoms with Gasteiger partial charge >= 0.3 is 12.1 Å². The summed E-state index contributed by atoms with van der Waals surface area (Å²) in [6, 6.07) is 2.74. The van der Waals surface area contributed by atoms with Crippen molar-refractivity contribution in [3.8, 4) is 11.5 Å². The maximum Gasteiger partial charge on any atom is 0.412 e. The Morgan fingerprint density at radius 2 is 1.61 bits per heavy atom. The molecule has 0 heterocycles. The van der Waals surface area contributed by atoms with E-state index < -0.39 is 17.7 Å². The minimum absolute atomic E-state index is 0.0821. The molecule has 128 valence electrons. The second-order valence-corrected chi connectivity index (χ2v) is 5.64. The topological polar surface area (TPSA) is 94.1 Å². The van der Waals surface area contributed by atoms with Crippen molar-refractivity contribution in [3.63, 3.8) is 0 Å². The van der Waals surface area contributed by atoms with Crippen LogP contribution in [0.15, 0.2) is 12.1 Å². The minimum Gasteiger partial charge on any atom is -0.490 e. The van der Waals surface area contributed by atoms with Crippen LogP contribution in [-0.4, -0.2) is 36.0 Å². The van der Waals surface area contributed by atoms with Crippen molar-refractivity contribution >= 4 is 17.7 Å². The molecule has 0 saturated carbocycles. The van der Waals surface area contributed by atoms with Gasteiger partial charge < -0.3 is 19.3 Å². The van der Waals surface area contributed by atoms with Crippen molar-refractivity contribution in [3.05, 3.63) is 17.7 Å². The molecule has 0 aliphatic heterocycles. The molecule has 0 aliphatic carbocycles. The highest BCUT2D eigenvalue weighted by atomic mass is 16.6. The molecule has 7 nitrogen and oxygen atoms in total. The molecule has 1 aromatic rings. The maximum absolute atomic E-state index is 11.9. The Kier molecular flexibility index (Phi) is 6.24. The summed E-state index contributed by atoms with van der Waals surface area (Å²) < 4.78 is 16.0. The molecule has 1 rings (SSSR count). The Morgan fingerprint density at radius 1 is 1.09 bits per heavy atom. The van der Waals surface area contributed by atoms with E-state index in [1.54, 1.807) is 34.6 Å². The fourth-order valence-corrected chi connectivity index (χ4v) is 1.79. The monoisotopic (exact) mass is 325 g/mol. The quantitative estimate of drug-likeness (QED) is 0.831. The van der Waals surface area contributed by atoms with Crippen molar-refractivity contribution < 1.29 is 28.9 Å². The first kappa shape index (κ1) is 18.6. The third-order valence-electron chi connectivity index (χ3n) is 2.55. The van der Waals surface area contributed by atoms with Crippen molar-refractivity contribution in [2.24, 2.45) is 0 Å². The van der Waals surface area contributed by atoms with Crippen LogP contribution in [0.1, 0.15) is 45.0 Å². The number of benzene rings is 1. The van der Waals surface area contributed by atoms with Gasteiger partial charge in [-0.1, -0.05) is 0 Å². The minimum atomic E-state index is -1.19. The summed E-state index contributed by atoms with van der Waals surface area (Å²) in [6.07, 6.45) is -0.744. The van der Waals surface area contributed by atoms with E-state index >= 15 is 0 Å². The predicted molar refractivity (Wildman–Crippen MR) is 85.6 cm³/mol. The van der Waals surface area contributed by atoms with Crippen LogP contribution in [-0.2, 0) is 4.74 Å². The molecule has 0 saturated heterocycles. The molecule has 1 aromatic carbocycles. The molecule has 23 heavy (non-hydrogen) atoms. The van der Waals surface area contributed by atoms with E-state index in [-0.39, 0.29) is 11.3 Å². The molecule has 0 radical (unpaired) electrons. The number of nitrogens with one attached hydrogen (secondary N) is 1. The third-order valence-corrected chi connectivity index (χ3v) is 2.55. The van der Waals surface area contributed by atoms with Crippen LogP contribution in [0, 0.1) is 0 Å². The average molecular weight is 325 g/mol. The molecule has 0 fully saturated rings. The molecule has 2 N–H and O–H groups in total. The Bertz CT molecular complexity index is 577. The lowest BCUT2D eigenvalue weighted by Crippen LogP contribution is -2.27. The first-order valence-corrected chi connectivity index (χ1v) is 7.34. The molecular weight excluding hydrogens is 302 g/mol. The van der Waals surface area contributed by atoms with Gasteiger partial charge in [0.15, 0.2) is 11.5 Å². The Morgan fingerprint density at radius 3 is 2.04 bits per heavy atom. The van der Waals surface area contributed by atoms with Crippen molar-refractivity contribution in [1.82, 2.24) is 0 Å². The Hall–Kier alpha value is -2.44. The van der Waals surface area contributed by atoms with Crippen LogP contribution >= 0.6 is 0 Å². The molecule has 0 bridgehead atoms. The zero-order valence-electron chi connectivity index (χ0n) is 14.1. The molecule has 1 amide bonds. The van der Waals surface area contributed by atoms with Gasteiger partial charge in [0.25, 0.3) is 0 Å². The average Bonchev–Trinajstić information content (AvgIpc) is 2.39. The van der Waals surface area contributed by atoms with Gasteiger partial charge in [-0.05, 0) is 34.6 Å². The predicted octanol–water partition coefficient (Wildman–Crippen LogP) is 3.53. The number of carbonyl (C=O) groups excluding carboxylic acids is 1. The smallest absolute Gasteiger partial charge is 0.412 e. The van der Waals surface area contributed by atoms with E-state index in [2.05, 4.69) is 5.32 Å². The van der Waals surface area contributed by atoms with E-state index in [1.807, 2.05) is 0 Å². The van der Waals surface area contributed by atoms with Gasteiger partial charge in [-0.25, -0.2) is 9.59 Å². The highest BCUT2D eigenvalue weighted by Crippen LogP contribution is 2.34. The van der Waals surface area contributed by atoms with Crippen LogP contribution < -0.4 is 14.8 Å². The number of ether oxygens (including phenoxy) is 3. The van der Waals surface area contributed by atoms with E-state index in [0.717, 1.165) is 0 Å². The van der Waals surface area contributed by atoms with Crippen molar-refractivity contribution in [2.75, 3.05) is 18.5 Å². The summed E-state index contributed by atoms with van der Waals surface area (Å²) >= 11 is 0. The van der Waals surface area contributed by atoms with Gasteiger partial charge in [-0.15, -0.1) is 0 Å². The third kappa shape index (κ3) is 5.69. The number of aromatic carboxylic acids is 1. The van der Waals surface area contributed by atoms with Crippen LogP contribution in [0.25, 0.3) is 0 Å². The van der Waals surface area contributed by atoms with Gasteiger partial charge in [0, 0.05) is 12.1 Å². The van der Waals surface area contributed by atoms with E-state index in [0.29, 0.717) is 24.7 Å². The number of hydrogen-bond acceptors (Lipinski definition) is 5. The number of amides is 1. The molecule has 7 heteroatoms. The van der Waals surface area contributed by atoms with E-state index in [9.17, 15) is 14.7 Å². The molecule has 0 unspecified atom stereocenters. The summed E-state index contributed by atoms with van der Waals surface area (Å²) in [5.41, 5.74) is -0.719. The van der Waals surface area contributed by atoms with Crippen molar-refractivity contribution in [1.29, 1.82) is 0 Å². The van der Waals surface area contributed by atoms with Crippen molar-refractivity contribution in [2.45, 2.75) is 40.2 Å². The van der Waals surface area contributed by atoms with E-state index in [4.69, 9.17) is 14.2 Å². The number of carboxylic acid groups (broad SMARTS) is 1. The van der Waals surface area contributed by atoms with Gasteiger partial charge in [0.2, 0.25) is 0 Å². The zero-order chi connectivity index (χ0) is 17.6. The van der Waals surface area contributed by atoms with Crippen LogP contribution in [0.5, 0.6) is 11.5 Å². The summed E-state index contributed by atoms with van der Waals surface area (Å²) in [5, 5.41) is 11.8. The number of carboxylic acids is 1. The standard InChI is InChI=1S/C16H23NO6/c1-6-21-12-8-10(14(18)19)11(9-13(12)22-7-2)17-15(20)23-16(3,4)5/h8-9H,6-7H2,1-5H3,(H,17,20)(H,18,19). The Balaban J connectivity index is 3.20. The van der Waals surface area contributed by atoms with Gasteiger partial charge in [0.1, 0.15) is 5.60 Å². The molecule has 0 aromatic heterocycles. The van der Waals surface area contributed by atoms with Crippen LogP contribution in [0.3, 0.4) is 0 Å². The molecule has 0 spiro atoms. The summed E-state index contributed by atoms with van der Waals surface area (Å²) in [4.78, 5) is 23.3. The first-order valence-electron chi connectivity index (χ1n) is 7.34. The van der Waals surface area contributed by atoms with Crippen LogP contribution in [0.2, 0.25) is 0 Å². The first-order chi connectivity index (χ1) is 10.7. The summed E-state index contributed by atoms with van der Waals surface area (Å²) in [7, 11) is 0. The summed E-state index contributed by atoms with van der Waals surface area (Å²) in [6.45, 7) is 9.46. The van der Waals surface area contributed by atoms with Gasteiger partial charge in [-0.2, -0.15) is 0 Å². The SMILES string of the molecule is CCOc1cc(NC(=O)OC(C)(C)C)c(C(=O)O)cc1OCC. The fourth-order valence-electron chi connectivity index (χ4n) is 1.79. The number of rotatable bonds is 6. The fraction of sp³-hybridized carbons (Fsp3) is 0.500.